The summed E-state index contributed by atoms with van der Waals surface area (Å²) in [5.41, 5.74) is 2.58. The third-order valence-corrected chi connectivity index (χ3v) is 5.06. The van der Waals surface area contributed by atoms with E-state index in [4.69, 9.17) is 5.11 Å². The quantitative estimate of drug-likeness (QED) is 0.918. The van der Waals surface area contributed by atoms with Gasteiger partial charge in [-0.3, -0.25) is 4.79 Å². The molecule has 24 heavy (non-hydrogen) atoms. The van der Waals surface area contributed by atoms with Crippen molar-refractivity contribution in [3.63, 3.8) is 0 Å². The van der Waals surface area contributed by atoms with E-state index >= 15 is 0 Å². The first kappa shape index (κ1) is 16.4. The summed E-state index contributed by atoms with van der Waals surface area (Å²) in [4.78, 5) is 32.5. The molecule has 3 heterocycles. The van der Waals surface area contributed by atoms with Gasteiger partial charge in [0.05, 0.1) is 12.0 Å². The highest BCUT2D eigenvalue weighted by atomic mass is 32.1. The zero-order valence-electron chi connectivity index (χ0n) is 13.7. The number of rotatable bonds is 4. The molecule has 6 nitrogen and oxygen atoms in total. The molecule has 1 aliphatic rings. The maximum atomic E-state index is 12.5. The van der Waals surface area contributed by atoms with Crippen molar-refractivity contribution >= 4 is 29.0 Å². The number of anilines is 1. The van der Waals surface area contributed by atoms with E-state index in [9.17, 15) is 9.59 Å². The molecule has 7 heteroatoms. The number of aromatic carboxylic acids is 1. The maximum absolute atomic E-state index is 12.5. The molecule has 2 aromatic rings. The summed E-state index contributed by atoms with van der Waals surface area (Å²) in [7, 11) is 3.94. The van der Waals surface area contributed by atoms with Crippen molar-refractivity contribution in [1.82, 2.24) is 9.88 Å². The molecule has 1 N–H and O–H groups in total. The fourth-order valence-electron chi connectivity index (χ4n) is 2.92. The fraction of sp³-hybridized carbons (Fsp3) is 0.353. The van der Waals surface area contributed by atoms with Gasteiger partial charge in [-0.1, -0.05) is 0 Å². The Morgan fingerprint density at radius 3 is 2.88 bits per heavy atom. The molecule has 126 valence electrons. The van der Waals surface area contributed by atoms with E-state index in [-0.39, 0.29) is 17.9 Å². The van der Waals surface area contributed by atoms with Gasteiger partial charge in [0.2, 0.25) is 5.91 Å². The molecule has 0 saturated carbocycles. The van der Waals surface area contributed by atoms with Crippen molar-refractivity contribution in [3.8, 4) is 0 Å². The molecule has 0 bridgehead atoms. The number of carboxylic acid groups (broad SMARTS) is 1. The second-order valence-electron chi connectivity index (χ2n) is 6.02. The lowest BCUT2D eigenvalue weighted by Gasteiger charge is -2.31. The summed E-state index contributed by atoms with van der Waals surface area (Å²) in [5.74, 6) is 0.0344. The molecule has 0 aromatic carbocycles. The van der Waals surface area contributed by atoms with Gasteiger partial charge in [0.1, 0.15) is 5.82 Å². The Bertz CT molecular complexity index is 785. The second kappa shape index (κ2) is 6.60. The van der Waals surface area contributed by atoms with Crippen LogP contribution in [-0.2, 0) is 24.2 Å². The molecule has 0 atom stereocenters. The first-order chi connectivity index (χ1) is 11.5. The summed E-state index contributed by atoms with van der Waals surface area (Å²) in [6, 6.07) is 3.55. The number of carboxylic acids is 1. The summed E-state index contributed by atoms with van der Waals surface area (Å²) < 4.78 is 0. The average molecular weight is 345 g/mol. The normalized spacial score (nSPS) is 13.5. The highest BCUT2D eigenvalue weighted by Gasteiger charge is 2.24. The van der Waals surface area contributed by atoms with E-state index in [0.717, 1.165) is 22.7 Å². The molecule has 0 unspecified atom stereocenters. The number of hydrogen-bond acceptors (Lipinski definition) is 5. The lowest BCUT2D eigenvalue weighted by molar-refractivity contribution is -0.131. The van der Waals surface area contributed by atoms with Crippen LogP contribution in [0.3, 0.4) is 0 Å². The molecule has 1 amide bonds. The van der Waals surface area contributed by atoms with E-state index in [1.807, 2.05) is 30.0 Å². The van der Waals surface area contributed by atoms with Gasteiger partial charge in [-0.2, -0.15) is 0 Å². The molecular weight excluding hydrogens is 326 g/mol. The molecule has 0 spiro atoms. The number of carbonyl (C=O) groups excluding carboxylic acids is 1. The number of fused-ring (bicyclic) bond motifs is 1. The molecule has 2 aromatic heterocycles. The van der Waals surface area contributed by atoms with Crippen LogP contribution in [0.25, 0.3) is 0 Å². The zero-order valence-corrected chi connectivity index (χ0v) is 14.5. The van der Waals surface area contributed by atoms with E-state index in [1.165, 1.54) is 16.9 Å². The van der Waals surface area contributed by atoms with Crippen LogP contribution in [0.15, 0.2) is 23.7 Å². The van der Waals surface area contributed by atoms with Crippen molar-refractivity contribution in [3.05, 3.63) is 45.3 Å². The topological polar surface area (TPSA) is 73.7 Å². The van der Waals surface area contributed by atoms with Crippen LogP contribution in [-0.4, -0.2) is 47.5 Å². The summed E-state index contributed by atoms with van der Waals surface area (Å²) >= 11 is 1.32. The predicted molar refractivity (Wildman–Crippen MR) is 92.7 cm³/mol. The van der Waals surface area contributed by atoms with Crippen molar-refractivity contribution < 1.29 is 14.7 Å². The summed E-state index contributed by atoms with van der Waals surface area (Å²) in [5, 5.41) is 10.5. The van der Waals surface area contributed by atoms with Crippen molar-refractivity contribution in [1.29, 1.82) is 0 Å². The number of aromatic nitrogens is 1. The SMILES string of the molecule is CN(C)c1nccc2c1CCN(C(=O)Cc1cc(C(=O)O)cs1)C2. The van der Waals surface area contributed by atoms with Crippen LogP contribution >= 0.6 is 11.3 Å². The highest BCUT2D eigenvalue weighted by molar-refractivity contribution is 7.10. The number of pyridine rings is 1. The van der Waals surface area contributed by atoms with Gasteiger partial charge in [0, 0.05) is 49.2 Å². The number of amides is 1. The van der Waals surface area contributed by atoms with Gasteiger partial charge in [-0.25, -0.2) is 9.78 Å². The van der Waals surface area contributed by atoms with Crippen LogP contribution in [0.4, 0.5) is 5.82 Å². The van der Waals surface area contributed by atoms with Crippen LogP contribution in [0.5, 0.6) is 0 Å². The standard InChI is InChI=1S/C17H19N3O3S/c1-19(2)16-14-4-6-20(9-11(14)3-5-18-16)15(21)8-13-7-12(10-24-13)17(22)23/h3,5,7,10H,4,6,8-9H2,1-2H3,(H,22,23). The Labute approximate surface area is 144 Å². The molecule has 0 saturated heterocycles. The molecule has 0 aliphatic carbocycles. The third-order valence-electron chi connectivity index (χ3n) is 4.13. The molecule has 0 fully saturated rings. The first-order valence-electron chi connectivity index (χ1n) is 7.68. The average Bonchev–Trinajstić information content (AvgIpc) is 3.02. The third kappa shape index (κ3) is 3.26. The Morgan fingerprint density at radius 1 is 1.42 bits per heavy atom. The largest absolute Gasteiger partial charge is 0.478 e. The molecule has 3 rings (SSSR count). The molecule has 0 radical (unpaired) electrons. The smallest absolute Gasteiger partial charge is 0.336 e. The number of nitrogens with zero attached hydrogens (tertiary/aromatic N) is 3. The van der Waals surface area contributed by atoms with Gasteiger partial charge in [0.15, 0.2) is 0 Å². The Balaban J connectivity index is 1.71. The minimum atomic E-state index is -0.958. The predicted octanol–water partition coefficient (Wildman–Crippen LogP) is 2.03. The lowest BCUT2D eigenvalue weighted by atomic mass is 10.0. The van der Waals surface area contributed by atoms with Crippen LogP contribution in [0.1, 0.15) is 26.4 Å². The minimum Gasteiger partial charge on any atom is -0.478 e. The van der Waals surface area contributed by atoms with Gasteiger partial charge in [-0.05, 0) is 24.1 Å². The van der Waals surface area contributed by atoms with Crippen LogP contribution < -0.4 is 4.90 Å². The van der Waals surface area contributed by atoms with Crippen molar-refractivity contribution in [2.24, 2.45) is 0 Å². The fourth-order valence-corrected chi connectivity index (χ4v) is 3.77. The van der Waals surface area contributed by atoms with Crippen LogP contribution in [0, 0.1) is 0 Å². The number of hydrogen-bond donors (Lipinski definition) is 1. The Hall–Kier alpha value is -2.41. The Morgan fingerprint density at radius 2 is 2.21 bits per heavy atom. The maximum Gasteiger partial charge on any atom is 0.336 e. The zero-order chi connectivity index (χ0) is 17.3. The van der Waals surface area contributed by atoms with Crippen molar-refractivity contribution in [2.75, 3.05) is 25.5 Å². The van der Waals surface area contributed by atoms with E-state index < -0.39 is 5.97 Å². The van der Waals surface area contributed by atoms with Crippen molar-refractivity contribution in [2.45, 2.75) is 19.4 Å². The molecule has 1 aliphatic heterocycles. The van der Waals surface area contributed by atoms with E-state index in [1.54, 1.807) is 17.6 Å². The van der Waals surface area contributed by atoms with E-state index in [2.05, 4.69) is 4.98 Å². The summed E-state index contributed by atoms with van der Waals surface area (Å²) in [6.07, 6.45) is 2.81. The number of carbonyl (C=O) groups is 2. The van der Waals surface area contributed by atoms with E-state index in [0.29, 0.717) is 13.1 Å². The van der Waals surface area contributed by atoms with Gasteiger partial charge in [0.25, 0.3) is 0 Å². The Kier molecular flexibility index (Phi) is 4.53. The highest BCUT2D eigenvalue weighted by Crippen LogP contribution is 2.26. The first-order valence-corrected chi connectivity index (χ1v) is 8.56. The summed E-state index contributed by atoms with van der Waals surface area (Å²) in [6.45, 7) is 1.24. The van der Waals surface area contributed by atoms with Crippen LogP contribution in [0.2, 0.25) is 0 Å². The van der Waals surface area contributed by atoms with Gasteiger partial charge in [-0.15, -0.1) is 11.3 Å². The second-order valence-corrected chi connectivity index (χ2v) is 7.01. The molecular formula is C17H19N3O3S. The minimum absolute atomic E-state index is 0.0302. The monoisotopic (exact) mass is 345 g/mol. The lowest BCUT2D eigenvalue weighted by Crippen LogP contribution is -2.37. The van der Waals surface area contributed by atoms with Gasteiger partial charge < -0.3 is 14.9 Å². The number of thiophene rings is 1. The van der Waals surface area contributed by atoms with Gasteiger partial charge >= 0.3 is 5.97 Å².